The summed E-state index contributed by atoms with van der Waals surface area (Å²) in [5.74, 6) is 0.575. The third-order valence-electron chi connectivity index (χ3n) is 3.05. The minimum absolute atomic E-state index is 0. The lowest BCUT2D eigenvalue weighted by atomic mass is 9.98. The number of aryl methyl sites for hydroxylation is 1. The van der Waals surface area contributed by atoms with Crippen molar-refractivity contribution in [1.82, 2.24) is 10.5 Å². The molecule has 1 aliphatic carbocycles. The van der Waals surface area contributed by atoms with Gasteiger partial charge in [0.15, 0.2) is 5.76 Å². The maximum Gasteiger partial charge on any atom is 0.240 e. The molecule has 0 radical (unpaired) electrons. The number of halogens is 1. The second kappa shape index (κ2) is 5.51. The fourth-order valence-corrected chi connectivity index (χ4v) is 2.08. The van der Waals surface area contributed by atoms with Crippen molar-refractivity contribution in [2.75, 3.05) is 0 Å². The Hall–Kier alpha value is -1.07. The molecule has 6 heteroatoms. The molecule has 0 saturated heterocycles. The van der Waals surface area contributed by atoms with Gasteiger partial charge in [-0.25, -0.2) is 0 Å². The molecule has 2 rings (SSSR count). The van der Waals surface area contributed by atoms with Crippen LogP contribution in [0.4, 0.5) is 0 Å². The Morgan fingerprint density at radius 1 is 1.59 bits per heavy atom. The van der Waals surface area contributed by atoms with Crippen LogP contribution in [0.1, 0.15) is 37.1 Å². The number of nitrogens with one attached hydrogen (secondary N) is 1. The summed E-state index contributed by atoms with van der Waals surface area (Å²) in [5.41, 5.74) is 6.15. The second-order valence-electron chi connectivity index (χ2n) is 4.48. The van der Waals surface area contributed by atoms with Crippen molar-refractivity contribution in [3.8, 4) is 0 Å². The van der Waals surface area contributed by atoms with Gasteiger partial charge in [-0.05, 0) is 19.8 Å². The number of rotatable bonds is 3. The predicted molar refractivity (Wildman–Crippen MR) is 65.7 cm³/mol. The van der Waals surface area contributed by atoms with Gasteiger partial charge in [-0.15, -0.1) is 12.4 Å². The summed E-state index contributed by atoms with van der Waals surface area (Å²) >= 11 is 0. The molecule has 1 aromatic heterocycles. The topological polar surface area (TPSA) is 81.2 Å². The van der Waals surface area contributed by atoms with Gasteiger partial charge < -0.3 is 15.6 Å². The Morgan fingerprint density at radius 3 is 2.76 bits per heavy atom. The average Bonchev–Trinajstić information content (AvgIpc) is 2.85. The van der Waals surface area contributed by atoms with Crippen LogP contribution in [0, 0.1) is 6.92 Å². The van der Waals surface area contributed by atoms with Gasteiger partial charge in [0.1, 0.15) is 0 Å². The first-order valence-electron chi connectivity index (χ1n) is 5.59. The zero-order valence-electron chi connectivity index (χ0n) is 9.86. The summed E-state index contributed by atoms with van der Waals surface area (Å²) in [6.07, 6.45) is 3.61. The van der Waals surface area contributed by atoms with Crippen molar-refractivity contribution in [1.29, 1.82) is 0 Å². The van der Waals surface area contributed by atoms with E-state index in [1.807, 2.05) is 6.92 Å². The first-order valence-corrected chi connectivity index (χ1v) is 5.59. The van der Waals surface area contributed by atoms with E-state index in [-0.39, 0.29) is 18.3 Å². The van der Waals surface area contributed by atoms with Crippen molar-refractivity contribution >= 4 is 18.3 Å². The highest BCUT2D eigenvalue weighted by Gasteiger charge is 2.36. The lowest BCUT2D eigenvalue weighted by Crippen LogP contribution is -2.51. The van der Waals surface area contributed by atoms with E-state index in [1.165, 1.54) is 0 Å². The van der Waals surface area contributed by atoms with Crippen LogP contribution in [-0.4, -0.2) is 16.6 Å². The lowest BCUT2D eigenvalue weighted by Gasteiger charge is -2.21. The summed E-state index contributed by atoms with van der Waals surface area (Å²) in [6.45, 7) is 2.20. The number of hydrogen-bond donors (Lipinski definition) is 2. The molecule has 96 valence electrons. The molecule has 1 aromatic rings. The van der Waals surface area contributed by atoms with Crippen LogP contribution >= 0.6 is 12.4 Å². The SMILES string of the molecule is Cc1cc(CNC(=O)C2(N)CCCC2)on1.Cl. The quantitative estimate of drug-likeness (QED) is 0.857. The molecule has 1 aliphatic rings. The van der Waals surface area contributed by atoms with E-state index in [4.69, 9.17) is 10.3 Å². The summed E-state index contributed by atoms with van der Waals surface area (Å²) in [4.78, 5) is 11.8. The standard InChI is InChI=1S/C11H17N3O2.ClH/c1-8-6-9(16-14-8)7-13-10(15)11(12)4-2-3-5-11;/h6H,2-5,7,12H2,1H3,(H,13,15);1H. The number of nitrogens with two attached hydrogens (primary N) is 1. The lowest BCUT2D eigenvalue weighted by molar-refractivity contribution is -0.126. The molecular formula is C11H18ClN3O2. The molecule has 0 unspecified atom stereocenters. The van der Waals surface area contributed by atoms with E-state index < -0.39 is 5.54 Å². The van der Waals surface area contributed by atoms with Gasteiger partial charge in [0.05, 0.1) is 17.8 Å². The minimum atomic E-state index is -0.672. The molecular weight excluding hydrogens is 242 g/mol. The Bertz CT molecular complexity index is 386. The van der Waals surface area contributed by atoms with Crippen molar-refractivity contribution in [2.24, 2.45) is 5.73 Å². The van der Waals surface area contributed by atoms with Crippen LogP contribution in [-0.2, 0) is 11.3 Å². The van der Waals surface area contributed by atoms with Gasteiger partial charge >= 0.3 is 0 Å². The smallest absolute Gasteiger partial charge is 0.240 e. The normalized spacial score (nSPS) is 17.5. The van der Waals surface area contributed by atoms with E-state index in [0.29, 0.717) is 12.3 Å². The van der Waals surface area contributed by atoms with Gasteiger partial charge in [0.25, 0.3) is 0 Å². The molecule has 0 atom stereocenters. The highest BCUT2D eigenvalue weighted by molar-refractivity contribution is 5.86. The molecule has 0 bridgehead atoms. The van der Waals surface area contributed by atoms with Crippen LogP contribution in [0.25, 0.3) is 0 Å². The van der Waals surface area contributed by atoms with Crippen LogP contribution < -0.4 is 11.1 Å². The number of aromatic nitrogens is 1. The fraction of sp³-hybridized carbons (Fsp3) is 0.636. The van der Waals surface area contributed by atoms with Gasteiger partial charge in [0.2, 0.25) is 5.91 Å². The maximum absolute atomic E-state index is 11.8. The largest absolute Gasteiger partial charge is 0.359 e. The Morgan fingerprint density at radius 2 is 2.24 bits per heavy atom. The monoisotopic (exact) mass is 259 g/mol. The number of carbonyl (C=O) groups excluding carboxylic acids is 1. The van der Waals surface area contributed by atoms with Crippen LogP contribution in [0.15, 0.2) is 10.6 Å². The van der Waals surface area contributed by atoms with Crippen molar-refractivity contribution < 1.29 is 9.32 Å². The first-order chi connectivity index (χ1) is 7.60. The van der Waals surface area contributed by atoms with Gasteiger partial charge in [0, 0.05) is 6.07 Å². The van der Waals surface area contributed by atoms with Gasteiger partial charge in [-0.3, -0.25) is 4.79 Å². The summed E-state index contributed by atoms with van der Waals surface area (Å²) in [7, 11) is 0. The van der Waals surface area contributed by atoms with E-state index in [1.54, 1.807) is 6.07 Å². The highest BCUT2D eigenvalue weighted by atomic mass is 35.5. The molecule has 5 nitrogen and oxygen atoms in total. The predicted octanol–water partition coefficient (Wildman–Crippen LogP) is 1.29. The number of amides is 1. The molecule has 1 heterocycles. The molecule has 17 heavy (non-hydrogen) atoms. The molecule has 0 aromatic carbocycles. The van der Waals surface area contributed by atoms with Crippen molar-refractivity contribution in [2.45, 2.75) is 44.7 Å². The molecule has 1 fully saturated rings. The average molecular weight is 260 g/mol. The second-order valence-corrected chi connectivity index (χ2v) is 4.48. The molecule has 0 aliphatic heterocycles. The van der Waals surface area contributed by atoms with Crippen LogP contribution in [0.5, 0.6) is 0 Å². The Balaban J connectivity index is 0.00000144. The third kappa shape index (κ3) is 3.20. The van der Waals surface area contributed by atoms with Crippen molar-refractivity contribution in [3.63, 3.8) is 0 Å². The first kappa shape index (κ1) is 14.0. The van der Waals surface area contributed by atoms with E-state index >= 15 is 0 Å². The molecule has 1 amide bonds. The number of carbonyl (C=O) groups is 1. The highest BCUT2D eigenvalue weighted by Crippen LogP contribution is 2.27. The van der Waals surface area contributed by atoms with E-state index in [2.05, 4.69) is 10.5 Å². The van der Waals surface area contributed by atoms with Crippen molar-refractivity contribution in [3.05, 3.63) is 17.5 Å². The zero-order chi connectivity index (χ0) is 11.6. The summed E-state index contributed by atoms with van der Waals surface area (Å²) in [5, 5.41) is 6.55. The maximum atomic E-state index is 11.8. The third-order valence-corrected chi connectivity index (χ3v) is 3.05. The zero-order valence-corrected chi connectivity index (χ0v) is 10.7. The Kier molecular flexibility index (Phi) is 4.54. The number of hydrogen-bond acceptors (Lipinski definition) is 4. The van der Waals surface area contributed by atoms with Gasteiger partial charge in [-0.2, -0.15) is 0 Å². The van der Waals surface area contributed by atoms with E-state index in [9.17, 15) is 4.79 Å². The molecule has 1 saturated carbocycles. The number of nitrogens with zero attached hydrogens (tertiary/aromatic N) is 1. The molecule has 0 spiro atoms. The van der Waals surface area contributed by atoms with E-state index in [0.717, 1.165) is 31.4 Å². The van der Waals surface area contributed by atoms with Crippen LogP contribution in [0.2, 0.25) is 0 Å². The summed E-state index contributed by atoms with van der Waals surface area (Å²) < 4.78 is 5.00. The fourth-order valence-electron chi connectivity index (χ4n) is 2.08. The Labute approximate surface area is 107 Å². The minimum Gasteiger partial charge on any atom is -0.359 e. The van der Waals surface area contributed by atoms with Gasteiger partial charge in [-0.1, -0.05) is 18.0 Å². The van der Waals surface area contributed by atoms with Crippen LogP contribution in [0.3, 0.4) is 0 Å². The summed E-state index contributed by atoms with van der Waals surface area (Å²) in [6, 6.07) is 1.80. The molecule has 3 N–H and O–H groups in total.